The molecule has 10 nitrogen and oxygen atoms in total. The zero-order valence-electron chi connectivity index (χ0n) is 21.4. The van der Waals surface area contributed by atoms with E-state index in [1.165, 1.54) is 24.8 Å². The monoisotopic (exact) mass is 529 g/mol. The first kappa shape index (κ1) is 25.8. The van der Waals surface area contributed by atoms with Crippen molar-refractivity contribution in [2.24, 2.45) is 5.10 Å². The number of carbonyl (C=O) groups excluding carboxylic acids is 1. The summed E-state index contributed by atoms with van der Waals surface area (Å²) in [7, 11) is 0. The molecule has 0 bridgehead atoms. The van der Waals surface area contributed by atoms with E-state index >= 15 is 0 Å². The van der Waals surface area contributed by atoms with Gasteiger partial charge in [0.15, 0.2) is 0 Å². The largest absolute Gasteiger partial charge is 0.462 e. The number of ether oxygens (including phenoxy) is 1. The van der Waals surface area contributed by atoms with E-state index in [0.29, 0.717) is 41.3 Å². The molecule has 1 saturated heterocycles. The SMILES string of the molecule is CCOC(=O)c1ccc(-c2ccc(/C=N\Nc3nc(Nc4ccc(F)cc4)nc(N4CCCCC4)n3)o2)cc1. The van der Waals surface area contributed by atoms with Gasteiger partial charge in [-0.05, 0) is 74.7 Å². The summed E-state index contributed by atoms with van der Waals surface area (Å²) in [4.78, 5) is 27.5. The van der Waals surface area contributed by atoms with Crippen LogP contribution in [-0.4, -0.2) is 46.8 Å². The number of piperidine rings is 1. The van der Waals surface area contributed by atoms with Gasteiger partial charge in [0.25, 0.3) is 0 Å². The molecule has 11 heteroatoms. The molecule has 0 aliphatic carbocycles. The van der Waals surface area contributed by atoms with Crippen LogP contribution in [0.15, 0.2) is 70.2 Å². The van der Waals surface area contributed by atoms with E-state index in [9.17, 15) is 9.18 Å². The molecule has 2 aromatic heterocycles. The number of hydrogen-bond donors (Lipinski definition) is 2. The Bertz CT molecular complexity index is 1430. The molecule has 3 heterocycles. The average molecular weight is 530 g/mol. The molecule has 0 saturated carbocycles. The molecule has 1 aliphatic heterocycles. The highest BCUT2D eigenvalue weighted by Crippen LogP contribution is 2.23. The van der Waals surface area contributed by atoms with Crippen molar-refractivity contribution in [1.29, 1.82) is 0 Å². The summed E-state index contributed by atoms with van der Waals surface area (Å²) >= 11 is 0. The van der Waals surface area contributed by atoms with Crippen molar-refractivity contribution in [3.63, 3.8) is 0 Å². The van der Waals surface area contributed by atoms with Gasteiger partial charge in [-0.3, -0.25) is 0 Å². The lowest BCUT2D eigenvalue weighted by molar-refractivity contribution is 0.0526. The molecule has 0 radical (unpaired) electrons. The molecule has 0 amide bonds. The molecular formula is C28H28FN7O3. The summed E-state index contributed by atoms with van der Waals surface area (Å²) < 4.78 is 24.2. The number of furan rings is 1. The smallest absolute Gasteiger partial charge is 0.338 e. The average Bonchev–Trinajstić information content (AvgIpc) is 3.44. The number of esters is 1. The molecule has 39 heavy (non-hydrogen) atoms. The Labute approximate surface area is 225 Å². The minimum Gasteiger partial charge on any atom is -0.462 e. The van der Waals surface area contributed by atoms with Crippen LogP contribution in [0.3, 0.4) is 0 Å². The number of aromatic nitrogens is 3. The Hall–Kier alpha value is -4.80. The van der Waals surface area contributed by atoms with Gasteiger partial charge < -0.3 is 19.4 Å². The topological polar surface area (TPSA) is 118 Å². The predicted octanol–water partition coefficient (Wildman–Crippen LogP) is 5.63. The van der Waals surface area contributed by atoms with Crippen molar-refractivity contribution in [3.8, 4) is 11.3 Å². The molecule has 1 fully saturated rings. The minimum atomic E-state index is -0.361. The predicted molar refractivity (Wildman–Crippen MR) is 147 cm³/mol. The number of hydrazone groups is 1. The van der Waals surface area contributed by atoms with Gasteiger partial charge in [0.1, 0.15) is 17.3 Å². The third kappa shape index (κ3) is 6.75. The van der Waals surface area contributed by atoms with E-state index < -0.39 is 0 Å². The number of anilines is 4. The third-order valence-electron chi connectivity index (χ3n) is 6.03. The maximum Gasteiger partial charge on any atom is 0.338 e. The van der Waals surface area contributed by atoms with Crippen LogP contribution in [0.1, 0.15) is 42.3 Å². The molecule has 0 spiro atoms. The first-order chi connectivity index (χ1) is 19.1. The van der Waals surface area contributed by atoms with Crippen LogP contribution in [-0.2, 0) is 4.74 Å². The fourth-order valence-corrected chi connectivity index (χ4v) is 4.08. The zero-order valence-corrected chi connectivity index (χ0v) is 21.4. The Morgan fingerprint density at radius 1 is 1.00 bits per heavy atom. The summed E-state index contributed by atoms with van der Waals surface area (Å²) in [6.07, 6.45) is 4.84. The standard InChI is InChI=1S/C28H28FN7O3/c1-2-38-25(37)20-8-6-19(7-9-20)24-15-14-23(39-24)18-30-35-27-32-26(31-22-12-10-21(29)11-13-22)33-28(34-27)36-16-4-3-5-17-36/h6-15,18H,2-5,16-17H2,1H3,(H2,31,32,33,34,35)/b30-18-. The van der Waals surface area contributed by atoms with Gasteiger partial charge in [-0.25, -0.2) is 14.6 Å². The van der Waals surface area contributed by atoms with Crippen molar-refractivity contribution < 1.29 is 18.3 Å². The fraction of sp³-hybridized carbons (Fsp3) is 0.250. The van der Waals surface area contributed by atoms with Gasteiger partial charge in [-0.1, -0.05) is 12.1 Å². The van der Waals surface area contributed by atoms with Crippen LogP contribution in [0.2, 0.25) is 0 Å². The molecular weight excluding hydrogens is 501 g/mol. The molecule has 0 atom stereocenters. The minimum absolute atomic E-state index is 0.257. The Balaban J connectivity index is 1.29. The van der Waals surface area contributed by atoms with Crippen LogP contribution >= 0.6 is 0 Å². The number of rotatable bonds is 9. The van der Waals surface area contributed by atoms with Gasteiger partial charge in [-0.2, -0.15) is 20.1 Å². The molecule has 5 rings (SSSR count). The highest BCUT2D eigenvalue weighted by Gasteiger charge is 2.16. The van der Waals surface area contributed by atoms with Crippen molar-refractivity contribution in [1.82, 2.24) is 15.0 Å². The van der Waals surface area contributed by atoms with E-state index in [-0.39, 0.29) is 17.7 Å². The van der Waals surface area contributed by atoms with Crippen LogP contribution in [0.4, 0.5) is 27.9 Å². The fourth-order valence-electron chi connectivity index (χ4n) is 4.08. The number of carbonyl (C=O) groups is 1. The van der Waals surface area contributed by atoms with E-state index in [2.05, 4.69) is 35.7 Å². The highest BCUT2D eigenvalue weighted by molar-refractivity contribution is 5.90. The Morgan fingerprint density at radius 2 is 1.74 bits per heavy atom. The molecule has 4 aromatic rings. The second-order valence-corrected chi connectivity index (χ2v) is 8.83. The third-order valence-corrected chi connectivity index (χ3v) is 6.03. The lowest BCUT2D eigenvalue weighted by atomic mass is 10.1. The van der Waals surface area contributed by atoms with E-state index in [1.54, 1.807) is 49.4 Å². The van der Waals surface area contributed by atoms with Crippen molar-refractivity contribution >= 4 is 35.7 Å². The van der Waals surface area contributed by atoms with E-state index in [4.69, 9.17) is 9.15 Å². The van der Waals surface area contributed by atoms with Crippen molar-refractivity contribution in [3.05, 3.63) is 77.8 Å². The Kier molecular flexibility index (Phi) is 8.06. The van der Waals surface area contributed by atoms with Gasteiger partial charge in [0.05, 0.1) is 18.4 Å². The normalized spacial score (nSPS) is 13.4. The quantitative estimate of drug-likeness (QED) is 0.162. The maximum absolute atomic E-state index is 13.3. The van der Waals surface area contributed by atoms with Crippen LogP contribution < -0.4 is 15.6 Å². The van der Waals surface area contributed by atoms with Gasteiger partial charge in [0.2, 0.25) is 17.8 Å². The summed E-state index contributed by atoms with van der Waals surface area (Å²) in [5, 5.41) is 7.35. The summed E-state index contributed by atoms with van der Waals surface area (Å²) in [6.45, 7) is 3.81. The van der Waals surface area contributed by atoms with Gasteiger partial charge in [-0.15, -0.1) is 0 Å². The van der Waals surface area contributed by atoms with Crippen molar-refractivity contribution in [2.75, 3.05) is 35.3 Å². The second kappa shape index (κ2) is 12.2. The van der Waals surface area contributed by atoms with E-state index in [0.717, 1.165) is 31.5 Å². The van der Waals surface area contributed by atoms with Gasteiger partial charge in [0, 0.05) is 24.3 Å². The summed E-state index contributed by atoms with van der Waals surface area (Å²) in [5.41, 5.74) is 4.81. The first-order valence-electron chi connectivity index (χ1n) is 12.8. The maximum atomic E-state index is 13.3. The molecule has 200 valence electrons. The molecule has 0 unspecified atom stereocenters. The van der Waals surface area contributed by atoms with E-state index in [1.807, 2.05) is 6.07 Å². The number of benzene rings is 2. The number of hydrogen-bond acceptors (Lipinski definition) is 10. The number of halogens is 1. The Morgan fingerprint density at radius 3 is 2.49 bits per heavy atom. The van der Waals surface area contributed by atoms with Crippen LogP contribution in [0.25, 0.3) is 11.3 Å². The first-order valence-corrected chi connectivity index (χ1v) is 12.8. The lowest BCUT2D eigenvalue weighted by Crippen LogP contribution is -2.31. The lowest BCUT2D eigenvalue weighted by Gasteiger charge is -2.26. The van der Waals surface area contributed by atoms with Crippen molar-refractivity contribution in [2.45, 2.75) is 26.2 Å². The summed E-state index contributed by atoms with van der Waals surface area (Å²) in [6, 6.07) is 16.6. The zero-order chi connectivity index (χ0) is 27.0. The van der Waals surface area contributed by atoms with Gasteiger partial charge >= 0.3 is 5.97 Å². The van der Waals surface area contributed by atoms with Crippen LogP contribution in [0, 0.1) is 5.82 Å². The number of nitrogens with zero attached hydrogens (tertiary/aromatic N) is 5. The molecule has 2 N–H and O–H groups in total. The molecule has 2 aromatic carbocycles. The highest BCUT2D eigenvalue weighted by atomic mass is 19.1. The summed E-state index contributed by atoms with van der Waals surface area (Å²) in [5.74, 6) is 1.58. The number of nitrogens with one attached hydrogen (secondary N) is 2. The molecule has 1 aliphatic rings. The van der Waals surface area contributed by atoms with Crippen LogP contribution in [0.5, 0.6) is 0 Å². The second-order valence-electron chi connectivity index (χ2n) is 8.83.